The van der Waals surface area contributed by atoms with Crippen LogP contribution in [0.25, 0.3) is 0 Å². The largest absolute Gasteiger partial charge is 0.302 e. The van der Waals surface area contributed by atoms with E-state index in [1.165, 1.54) is 0 Å². The fraction of sp³-hybridized carbons (Fsp3) is 1.00. The Kier molecular flexibility index (Phi) is 3.46. The van der Waals surface area contributed by atoms with Gasteiger partial charge in [0.15, 0.2) is 0 Å². The standard InChI is InChI=1S/C8H19N3O/c1-9-8(10-2)4-6-11(12-3)7-5-8/h9-10H,4-7H2,1-3H3. The molecule has 1 rings (SSSR count). The first kappa shape index (κ1) is 9.92. The molecule has 1 heterocycles. The van der Waals surface area contributed by atoms with Crippen molar-refractivity contribution in [3.05, 3.63) is 0 Å². The molecule has 0 aromatic rings. The molecule has 1 aliphatic heterocycles. The SMILES string of the molecule is CNC1(NC)CCN(OC)CC1. The van der Waals surface area contributed by atoms with Gasteiger partial charge in [0.1, 0.15) is 0 Å². The topological polar surface area (TPSA) is 36.5 Å². The van der Waals surface area contributed by atoms with Gasteiger partial charge in [0.05, 0.1) is 12.8 Å². The van der Waals surface area contributed by atoms with Gasteiger partial charge in [0, 0.05) is 13.1 Å². The predicted octanol–water partition coefficient (Wildman–Crippen LogP) is -0.221. The van der Waals surface area contributed by atoms with Crippen molar-refractivity contribution in [3.8, 4) is 0 Å². The van der Waals surface area contributed by atoms with Crippen LogP contribution < -0.4 is 10.6 Å². The number of piperidine rings is 1. The number of rotatable bonds is 3. The summed E-state index contributed by atoms with van der Waals surface area (Å²) in [4.78, 5) is 5.15. The van der Waals surface area contributed by atoms with Crippen LogP contribution in [0.4, 0.5) is 0 Å². The van der Waals surface area contributed by atoms with E-state index in [0.29, 0.717) is 0 Å². The Balaban J connectivity index is 2.42. The summed E-state index contributed by atoms with van der Waals surface area (Å²) in [6.07, 6.45) is 2.15. The highest BCUT2D eigenvalue weighted by Crippen LogP contribution is 2.18. The fourth-order valence-electron chi connectivity index (χ4n) is 1.68. The van der Waals surface area contributed by atoms with Crippen LogP contribution in [-0.2, 0) is 4.84 Å². The summed E-state index contributed by atoms with van der Waals surface area (Å²) in [5.74, 6) is 0. The second kappa shape index (κ2) is 4.18. The van der Waals surface area contributed by atoms with Crippen LogP contribution in [0.3, 0.4) is 0 Å². The van der Waals surface area contributed by atoms with E-state index in [4.69, 9.17) is 4.84 Å². The van der Waals surface area contributed by atoms with Crippen LogP contribution in [0.2, 0.25) is 0 Å². The molecule has 0 unspecified atom stereocenters. The Labute approximate surface area is 74.2 Å². The molecule has 1 aliphatic rings. The maximum atomic E-state index is 5.15. The maximum absolute atomic E-state index is 5.15. The third-order valence-corrected chi connectivity index (χ3v) is 2.79. The van der Waals surface area contributed by atoms with Gasteiger partial charge in [-0.15, -0.1) is 0 Å². The molecular weight excluding hydrogens is 154 g/mol. The molecule has 0 aromatic carbocycles. The van der Waals surface area contributed by atoms with Gasteiger partial charge in [-0.25, -0.2) is 0 Å². The summed E-state index contributed by atoms with van der Waals surface area (Å²) >= 11 is 0. The molecule has 2 N–H and O–H groups in total. The molecular formula is C8H19N3O. The molecule has 0 radical (unpaired) electrons. The highest BCUT2D eigenvalue weighted by Gasteiger charge is 2.31. The van der Waals surface area contributed by atoms with Crippen LogP contribution in [0, 0.1) is 0 Å². The zero-order valence-electron chi connectivity index (χ0n) is 8.18. The van der Waals surface area contributed by atoms with Crippen LogP contribution in [0.1, 0.15) is 12.8 Å². The van der Waals surface area contributed by atoms with Gasteiger partial charge in [0.2, 0.25) is 0 Å². The highest BCUT2D eigenvalue weighted by molar-refractivity contribution is 4.87. The number of hydroxylamine groups is 2. The van der Waals surface area contributed by atoms with E-state index in [1.54, 1.807) is 7.11 Å². The Hall–Kier alpha value is -0.160. The smallest absolute Gasteiger partial charge is 0.0708 e. The molecule has 0 saturated carbocycles. The lowest BCUT2D eigenvalue weighted by Crippen LogP contribution is -2.59. The summed E-state index contributed by atoms with van der Waals surface area (Å²) in [7, 11) is 5.73. The highest BCUT2D eigenvalue weighted by atomic mass is 16.7. The van der Waals surface area contributed by atoms with Gasteiger partial charge in [0.25, 0.3) is 0 Å². The van der Waals surface area contributed by atoms with Crippen molar-refractivity contribution in [2.45, 2.75) is 18.5 Å². The van der Waals surface area contributed by atoms with E-state index in [1.807, 2.05) is 19.2 Å². The summed E-state index contributed by atoms with van der Waals surface area (Å²) in [5.41, 5.74) is 0.120. The number of nitrogens with zero attached hydrogens (tertiary/aromatic N) is 1. The molecule has 0 atom stereocenters. The molecule has 1 fully saturated rings. The summed E-state index contributed by atoms with van der Waals surface area (Å²) in [6.45, 7) is 1.97. The van der Waals surface area contributed by atoms with E-state index in [-0.39, 0.29) is 5.66 Å². The number of nitrogens with one attached hydrogen (secondary N) is 2. The molecule has 12 heavy (non-hydrogen) atoms. The van der Waals surface area contributed by atoms with Crippen molar-refractivity contribution < 1.29 is 4.84 Å². The third-order valence-electron chi connectivity index (χ3n) is 2.79. The van der Waals surface area contributed by atoms with E-state index in [2.05, 4.69) is 10.6 Å². The Morgan fingerprint density at radius 3 is 2.00 bits per heavy atom. The minimum atomic E-state index is 0.120. The lowest BCUT2D eigenvalue weighted by molar-refractivity contribution is -0.154. The fourth-order valence-corrected chi connectivity index (χ4v) is 1.68. The first-order chi connectivity index (χ1) is 5.76. The monoisotopic (exact) mass is 173 g/mol. The second-order valence-corrected chi connectivity index (χ2v) is 3.19. The van der Waals surface area contributed by atoms with E-state index < -0.39 is 0 Å². The molecule has 0 spiro atoms. The van der Waals surface area contributed by atoms with E-state index in [9.17, 15) is 0 Å². The molecule has 0 bridgehead atoms. The van der Waals surface area contributed by atoms with Gasteiger partial charge < -0.3 is 15.5 Å². The van der Waals surface area contributed by atoms with Crippen molar-refractivity contribution in [2.24, 2.45) is 0 Å². The van der Waals surface area contributed by atoms with Gasteiger partial charge in [-0.3, -0.25) is 0 Å². The zero-order chi connectivity index (χ0) is 9.03. The normalized spacial score (nSPS) is 24.2. The van der Waals surface area contributed by atoms with Crippen LogP contribution in [0.5, 0.6) is 0 Å². The average Bonchev–Trinajstić information content (AvgIpc) is 2.18. The quantitative estimate of drug-likeness (QED) is 0.578. The molecule has 0 amide bonds. The van der Waals surface area contributed by atoms with Crippen LogP contribution in [-0.4, -0.2) is 45.0 Å². The third kappa shape index (κ3) is 1.95. The first-order valence-corrected chi connectivity index (χ1v) is 4.43. The summed E-state index contributed by atoms with van der Waals surface area (Å²) in [5, 5.41) is 8.63. The van der Waals surface area contributed by atoms with Gasteiger partial charge in [-0.05, 0) is 26.9 Å². The molecule has 4 heteroatoms. The predicted molar refractivity (Wildman–Crippen MR) is 48.7 cm³/mol. The summed E-state index contributed by atoms with van der Waals surface area (Å²) in [6, 6.07) is 0. The number of hydrogen-bond donors (Lipinski definition) is 2. The van der Waals surface area contributed by atoms with Gasteiger partial charge >= 0.3 is 0 Å². The Morgan fingerprint density at radius 1 is 1.17 bits per heavy atom. The van der Waals surface area contributed by atoms with Crippen molar-refractivity contribution in [2.75, 3.05) is 34.3 Å². The average molecular weight is 173 g/mol. The van der Waals surface area contributed by atoms with Crippen molar-refractivity contribution in [1.29, 1.82) is 0 Å². The molecule has 0 aliphatic carbocycles. The van der Waals surface area contributed by atoms with Crippen LogP contribution in [0.15, 0.2) is 0 Å². The molecule has 4 nitrogen and oxygen atoms in total. The molecule has 1 saturated heterocycles. The minimum absolute atomic E-state index is 0.120. The van der Waals surface area contributed by atoms with E-state index >= 15 is 0 Å². The van der Waals surface area contributed by atoms with Crippen molar-refractivity contribution >= 4 is 0 Å². The minimum Gasteiger partial charge on any atom is -0.302 e. The second-order valence-electron chi connectivity index (χ2n) is 3.19. The molecule has 72 valence electrons. The maximum Gasteiger partial charge on any atom is 0.0708 e. The number of hydrogen-bond acceptors (Lipinski definition) is 4. The van der Waals surface area contributed by atoms with Gasteiger partial charge in [-0.1, -0.05) is 0 Å². The van der Waals surface area contributed by atoms with E-state index in [0.717, 1.165) is 25.9 Å². The Morgan fingerprint density at radius 2 is 1.67 bits per heavy atom. The van der Waals surface area contributed by atoms with Crippen molar-refractivity contribution in [1.82, 2.24) is 15.7 Å². The lowest BCUT2D eigenvalue weighted by Gasteiger charge is -2.40. The zero-order valence-corrected chi connectivity index (χ0v) is 8.18. The van der Waals surface area contributed by atoms with Gasteiger partial charge in [-0.2, -0.15) is 5.06 Å². The Bertz CT molecular complexity index is 126. The summed E-state index contributed by atoms with van der Waals surface area (Å²) < 4.78 is 0. The molecule has 0 aromatic heterocycles. The van der Waals surface area contributed by atoms with Crippen molar-refractivity contribution in [3.63, 3.8) is 0 Å². The van der Waals surface area contributed by atoms with Crippen LogP contribution >= 0.6 is 0 Å². The lowest BCUT2D eigenvalue weighted by atomic mass is 9.98. The first-order valence-electron chi connectivity index (χ1n) is 4.43.